The van der Waals surface area contributed by atoms with Gasteiger partial charge >= 0.3 is 6.03 Å². The fourth-order valence-electron chi connectivity index (χ4n) is 5.56. The maximum absolute atomic E-state index is 13.6. The number of urea groups is 1. The van der Waals surface area contributed by atoms with Gasteiger partial charge in [0.15, 0.2) is 0 Å². The van der Waals surface area contributed by atoms with Crippen LogP contribution >= 0.6 is 11.3 Å². The van der Waals surface area contributed by atoms with Crippen LogP contribution in [0.1, 0.15) is 87.1 Å². The number of likely N-dealkylation sites (N-methyl/N-ethyl adjacent to an activating group) is 1. The largest absolute Gasteiger partial charge is 0.336 e. The van der Waals surface area contributed by atoms with Crippen LogP contribution in [-0.2, 0) is 17.6 Å². The van der Waals surface area contributed by atoms with E-state index in [0.29, 0.717) is 37.5 Å². The Morgan fingerprint density at radius 3 is 2.58 bits per heavy atom. The lowest BCUT2D eigenvalue weighted by atomic mass is 9.74. The van der Waals surface area contributed by atoms with Gasteiger partial charge < -0.3 is 15.5 Å². The zero-order chi connectivity index (χ0) is 26.2. The van der Waals surface area contributed by atoms with Crippen LogP contribution in [0.3, 0.4) is 0 Å². The molecule has 1 unspecified atom stereocenters. The summed E-state index contributed by atoms with van der Waals surface area (Å²) in [6.07, 6.45) is 5.31. The minimum absolute atomic E-state index is 0.0633. The highest BCUT2D eigenvalue weighted by atomic mass is 32.1. The van der Waals surface area contributed by atoms with Crippen LogP contribution < -0.4 is 10.6 Å². The lowest BCUT2D eigenvalue weighted by Gasteiger charge is -2.40. The SMILES string of the molecule is CCCCN(C(=O)NCCN(CC)CC)C(=O)[C@H]1CN[C@@H]2Cc3sc(C(C)CC)c(C#N)c3C[C@H]2C1. The average molecular weight is 516 g/mol. The average Bonchev–Trinajstić information content (AvgIpc) is 3.26. The fourth-order valence-corrected chi connectivity index (χ4v) is 7.04. The van der Waals surface area contributed by atoms with Gasteiger partial charge in [-0.1, -0.05) is 41.0 Å². The molecule has 0 aromatic carbocycles. The number of hydrogen-bond acceptors (Lipinski definition) is 6. The van der Waals surface area contributed by atoms with Crippen molar-refractivity contribution < 1.29 is 9.59 Å². The molecule has 3 amide bonds. The van der Waals surface area contributed by atoms with Crippen molar-refractivity contribution in [2.24, 2.45) is 11.8 Å². The molecule has 200 valence electrons. The molecule has 2 N–H and O–H groups in total. The molecule has 0 saturated carbocycles. The molecule has 4 atom stereocenters. The van der Waals surface area contributed by atoms with E-state index in [1.54, 1.807) is 0 Å². The van der Waals surface area contributed by atoms with Crippen molar-refractivity contribution in [3.63, 3.8) is 0 Å². The quantitative estimate of drug-likeness (QED) is 0.453. The number of carbonyl (C=O) groups excluding carboxylic acids is 2. The Morgan fingerprint density at radius 1 is 1.19 bits per heavy atom. The van der Waals surface area contributed by atoms with Crippen molar-refractivity contribution in [3.05, 3.63) is 20.9 Å². The Balaban J connectivity index is 1.68. The summed E-state index contributed by atoms with van der Waals surface area (Å²) in [6, 6.07) is 2.57. The number of nitrogens with one attached hydrogen (secondary N) is 2. The summed E-state index contributed by atoms with van der Waals surface area (Å²) in [5.41, 5.74) is 2.10. The normalized spacial score (nSPS) is 21.9. The first-order chi connectivity index (χ1) is 17.4. The van der Waals surface area contributed by atoms with Gasteiger partial charge in [-0.3, -0.25) is 9.69 Å². The summed E-state index contributed by atoms with van der Waals surface area (Å²) >= 11 is 1.82. The van der Waals surface area contributed by atoms with Crippen LogP contribution in [0.2, 0.25) is 0 Å². The summed E-state index contributed by atoms with van der Waals surface area (Å²) in [5, 5.41) is 16.6. The molecule has 0 spiro atoms. The lowest BCUT2D eigenvalue weighted by Crippen LogP contribution is -2.55. The van der Waals surface area contributed by atoms with Crippen LogP contribution in [-0.4, -0.2) is 67.0 Å². The Bertz CT molecular complexity index is 935. The number of nitrogens with zero attached hydrogens (tertiary/aromatic N) is 3. The summed E-state index contributed by atoms with van der Waals surface area (Å²) in [4.78, 5) is 32.9. The molecule has 3 rings (SSSR count). The Kier molecular flexibility index (Phi) is 10.8. The molecule has 7 nitrogen and oxygen atoms in total. The van der Waals surface area contributed by atoms with Crippen molar-refractivity contribution in [2.45, 2.75) is 85.1 Å². The number of nitriles is 1. The second-order valence-electron chi connectivity index (χ2n) is 10.4. The smallest absolute Gasteiger partial charge is 0.324 e. The van der Waals surface area contributed by atoms with E-state index in [9.17, 15) is 14.9 Å². The van der Waals surface area contributed by atoms with Crippen molar-refractivity contribution >= 4 is 23.3 Å². The zero-order valence-corrected chi connectivity index (χ0v) is 23.7. The predicted octanol–water partition coefficient (Wildman–Crippen LogP) is 4.51. The number of hydrogen-bond donors (Lipinski definition) is 2. The van der Waals surface area contributed by atoms with Gasteiger partial charge in [-0.2, -0.15) is 5.26 Å². The third-order valence-electron chi connectivity index (χ3n) is 8.14. The van der Waals surface area contributed by atoms with Gasteiger partial charge in [-0.25, -0.2) is 4.79 Å². The zero-order valence-electron chi connectivity index (χ0n) is 22.9. The van der Waals surface area contributed by atoms with Gasteiger partial charge in [0.2, 0.25) is 5.91 Å². The van der Waals surface area contributed by atoms with Crippen LogP contribution in [0.5, 0.6) is 0 Å². The summed E-state index contributed by atoms with van der Waals surface area (Å²) in [7, 11) is 0. The molecule has 1 aliphatic carbocycles. The van der Waals surface area contributed by atoms with E-state index in [4.69, 9.17) is 0 Å². The number of unbranched alkanes of at least 4 members (excludes halogenated alkanes) is 1. The molecule has 1 saturated heterocycles. The van der Waals surface area contributed by atoms with Gasteiger partial charge in [0, 0.05) is 42.0 Å². The van der Waals surface area contributed by atoms with E-state index < -0.39 is 0 Å². The van der Waals surface area contributed by atoms with E-state index in [1.807, 2.05) is 11.3 Å². The maximum atomic E-state index is 13.6. The molecule has 1 aliphatic heterocycles. The third-order valence-corrected chi connectivity index (χ3v) is 9.62. The van der Waals surface area contributed by atoms with E-state index in [1.165, 1.54) is 20.2 Å². The monoisotopic (exact) mass is 515 g/mol. The van der Waals surface area contributed by atoms with Gasteiger partial charge in [0.25, 0.3) is 0 Å². The predicted molar refractivity (Wildman–Crippen MR) is 146 cm³/mol. The maximum Gasteiger partial charge on any atom is 0.324 e. The molecule has 0 bridgehead atoms. The van der Waals surface area contributed by atoms with Crippen LogP contribution in [0.15, 0.2) is 0 Å². The Morgan fingerprint density at radius 2 is 1.94 bits per heavy atom. The second-order valence-corrected chi connectivity index (χ2v) is 11.5. The number of imide groups is 1. The fraction of sp³-hybridized carbons (Fsp3) is 0.750. The first kappa shape index (κ1) is 28.6. The molecular formula is C28H45N5O2S. The summed E-state index contributed by atoms with van der Waals surface area (Å²) in [6.45, 7) is 15.0. The molecular weight excluding hydrogens is 470 g/mol. The van der Waals surface area contributed by atoms with E-state index in [2.05, 4.69) is 56.2 Å². The van der Waals surface area contributed by atoms with Crippen LogP contribution in [0.25, 0.3) is 0 Å². The van der Waals surface area contributed by atoms with Gasteiger partial charge in [-0.05, 0) is 62.6 Å². The van der Waals surface area contributed by atoms with E-state index in [-0.39, 0.29) is 17.9 Å². The number of piperidine rings is 1. The number of thiophene rings is 1. The minimum atomic E-state index is -0.267. The molecule has 2 heterocycles. The van der Waals surface area contributed by atoms with Gasteiger partial charge in [0.05, 0.1) is 11.5 Å². The van der Waals surface area contributed by atoms with E-state index >= 15 is 0 Å². The topological polar surface area (TPSA) is 88.5 Å². The van der Waals surface area contributed by atoms with Gasteiger partial charge in [-0.15, -0.1) is 11.3 Å². The molecule has 1 aromatic heterocycles. The second kappa shape index (κ2) is 13.6. The molecule has 0 radical (unpaired) electrons. The van der Waals surface area contributed by atoms with E-state index in [0.717, 1.165) is 63.7 Å². The summed E-state index contributed by atoms with van der Waals surface area (Å²) in [5.74, 6) is 0.431. The molecule has 1 aromatic rings. The van der Waals surface area contributed by atoms with Crippen molar-refractivity contribution in [3.8, 4) is 6.07 Å². The number of fused-ring (bicyclic) bond motifs is 2. The molecule has 1 fully saturated rings. The van der Waals surface area contributed by atoms with Crippen molar-refractivity contribution in [1.82, 2.24) is 20.4 Å². The third kappa shape index (κ3) is 6.48. The minimum Gasteiger partial charge on any atom is -0.336 e. The molecule has 8 heteroatoms. The highest BCUT2D eigenvalue weighted by molar-refractivity contribution is 7.12. The molecule has 36 heavy (non-hydrogen) atoms. The van der Waals surface area contributed by atoms with Crippen molar-refractivity contribution in [1.29, 1.82) is 5.26 Å². The standard InChI is InChI=1S/C28H45N5O2S/c1-6-10-12-33(28(35)30-11-13-32(8-3)9-4)27(34)21-14-20-15-22-23(17-29)26(19(5)7-2)36-25(22)16-24(20)31-18-21/h19-21,24,31H,6-16,18H2,1-5H3,(H,30,35)/t19?,20-,21-,24-/m1/s1. The van der Waals surface area contributed by atoms with Crippen molar-refractivity contribution in [2.75, 3.05) is 39.3 Å². The number of carbonyl (C=O) groups is 2. The first-order valence-corrected chi connectivity index (χ1v) is 14.8. The molecule has 2 aliphatic rings. The lowest BCUT2D eigenvalue weighted by molar-refractivity contribution is -0.134. The first-order valence-electron chi connectivity index (χ1n) is 14.0. The van der Waals surface area contributed by atoms with Crippen LogP contribution in [0, 0.1) is 23.2 Å². The number of rotatable bonds is 11. The highest BCUT2D eigenvalue weighted by Crippen LogP contribution is 2.42. The number of amides is 3. The Hall–Kier alpha value is -1.95. The van der Waals surface area contributed by atoms with Gasteiger partial charge in [0.1, 0.15) is 6.07 Å². The van der Waals surface area contributed by atoms with Crippen LogP contribution in [0.4, 0.5) is 4.79 Å². The highest BCUT2D eigenvalue weighted by Gasteiger charge is 2.40. The Labute approximate surface area is 221 Å². The summed E-state index contributed by atoms with van der Waals surface area (Å²) < 4.78 is 0.